The van der Waals surface area contributed by atoms with E-state index in [1.165, 1.54) is 49.8 Å². The molecule has 0 bridgehead atoms. The highest BCUT2D eigenvalue weighted by Gasteiger charge is 2.24. The molecule has 3 rings (SSSR count). The summed E-state index contributed by atoms with van der Waals surface area (Å²) in [6.07, 6.45) is 6.70. The van der Waals surface area contributed by atoms with E-state index in [0.29, 0.717) is 6.04 Å². The lowest BCUT2D eigenvalue weighted by atomic mass is 10.1. The Hall–Kier alpha value is -1.02. The highest BCUT2D eigenvalue weighted by molar-refractivity contribution is 5.47. The Balaban J connectivity index is 1.61. The van der Waals surface area contributed by atoms with Gasteiger partial charge >= 0.3 is 0 Å². The minimum Gasteiger partial charge on any atom is -0.399 e. The molecule has 1 unspecified atom stereocenters. The SMILES string of the molecule is Nc1ccc2c(c1)CCC2NCCC1CC1. The second-order valence-electron chi connectivity index (χ2n) is 5.24. The standard InChI is InChI=1S/C14H20N2/c15-12-4-5-13-11(9-12)3-6-14(13)16-8-7-10-1-2-10/h4-5,9-10,14,16H,1-3,6-8,15H2. The van der Waals surface area contributed by atoms with E-state index in [1.807, 2.05) is 6.07 Å². The third-order valence-corrected chi connectivity index (χ3v) is 3.89. The van der Waals surface area contributed by atoms with Gasteiger partial charge in [-0.15, -0.1) is 0 Å². The van der Waals surface area contributed by atoms with Crippen LogP contribution in [0.3, 0.4) is 0 Å². The molecule has 2 heteroatoms. The Labute approximate surface area is 97.2 Å². The molecule has 0 spiro atoms. The van der Waals surface area contributed by atoms with Crippen LogP contribution in [0.2, 0.25) is 0 Å². The number of rotatable bonds is 4. The van der Waals surface area contributed by atoms with Crippen molar-refractivity contribution in [2.75, 3.05) is 12.3 Å². The molecular formula is C14H20N2. The number of anilines is 1. The van der Waals surface area contributed by atoms with Crippen LogP contribution in [0, 0.1) is 5.92 Å². The maximum absolute atomic E-state index is 5.80. The number of nitrogen functional groups attached to an aromatic ring is 1. The Morgan fingerprint density at radius 1 is 1.25 bits per heavy atom. The molecule has 16 heavy (non-hydrogen) atoms. The van der Waals surface area contributed by atoms with Crippen molar-refractivity contribution in [1.82, 2.24) is 5.32 Å². The van der Waals surface area contributed by atoms with Crippen LogP contribution < -0.4 is 11.1 Å². The molecule has 0 saturated heterocycles. The fourth-order valence-corrected chi connectivity index (χ4v) is 2.72. The van der Waals surface area contributed by atoms with E-state index >= 15 is 0 Å². The van der Waals surface area contributed by atoms with Crippen molar-refractivity contribution in [3.05, 3.63) is 29.3 Å². The van der Waals surface area contributed by atoms with Gasteiger partial charge in [0.1, 0.15) is 0 Å². The molecule has 0 radical (unpaired) electrons. The van der Waals surface area contributed by atoms with Gasteiger partial charge in [0.05, 0.1) is 0 Å². The summed E-state index contributed by atoms with van der Waals surface area (Å²) in [7, 11) is 0. The minimum absolute atomic E-state index is 0.578. The van der Waals surface area contributed by atoms with Crippen molar-refractivity contribution in [2.45, 2.75) is 38.1 Å². The largest absolute Gasteiger partial charge is 0.399 e. The molecule has 0 amide bonds. The van der Waals surface area contributed by atoms with E-state index in [2.05, 4.69) is 17.4 Å². The Morgan fingerprint density at radius 3 is 2.94 bits per heavy atom. The molecule has 2 nitrogen and oxygen atoms in total. The zero-order chi connectivity index (χ0) is 11.0. The number of aryl methyl sites for hydroxylation is 1. The zero-order valence-corrected chi connectivity index (χ0v) is 9.71. The van der Waals surface area contributed by atoms with E-state index in [0.717, 1.165) is 11.6 Å². The van der Waals surface area contributed by atoms with Crippen LogP contribution in [0.5, 0.6) is 0 Å². The normalized spacial score (nSPS) is 23.4. The van der Waals surface area contributed by atoms with Crippen LogP contribution in [-0.4, -0.2) is 6.54 Å². The fraction of sp³-hybridized carbons (Fsp3) is 0.571. The zero-order valence-electron chi connectivity index (χ0n) is 9.71. The van der Waals surface area contributed by atoms with Crippen LogP contribution >= 0.6 is 0 Å². The smallest absolute Gasteiger partial charge is 0.0326 e. The molecule has 86 valence electrons. The lowest BCUT2D eigenvalue weighted by Crippen LogP contribution is -2.20. The summed E-state index contributed by atoms with van der Waals surface area (Å²) in [5.74, 6) is 1.03. The monoisotopic (exact) mass is 216 g/mol. The molecule has 1 saturated carbocycles. The molecule has 0 aliphatic heterocycles. The molecule has 2 aliphatic rings. The quantitative estimate of drug-likeness (QED) is 0.759. The van der Waals surface area contributed by atoms with Gasteiger partial charge in [0.15, 0.2) is 0 Å². The first-order valence-corrected chi connectivity index (χ1v) is 6.44. The van der Waals surface area contributed by atoms with Gasteiger partial charge in [-0.3, -0.25) is 0 Å². The first-order chi connectivity index (χ1) is 7.83. The Kier molecular flexibility index (Phi) is 2.60. The van der Waals surface area contributed by atoms with Crippen LogP contribution in [-0.2, 0) is 6.42 Å². The van der Waals surface area contributed by atoms with Gasteiger partial charge in [-0.2, -0.15) is 0 Å². The van der Waals surface area contributed by atoms with Crippen LogP contribution in [0.1, 0.15) is 42.9 Å². The van der Waals surface area contributed by atoms with Gasteiger partial charge in [0.2, 0.25) is 0 Å². The summed E-state index contributed by atoms with van der Waals surface area (Å²) < 4.78 is 0. The van der Waals surface area contributed by atoms with Gasteiger partial charge in [-0.05, 0) is 55.0 Å². The van der Waals surface area contributed by atoms with Crippen molar-refractivity contribution in [3.8, 4) is 0 Å². The molecule has 2 aliphatic carbocycles. The summed E-state index contributed by atoms with van der Waals surface area (Å²) in [5.41, 5.74) is 9.63. The van der Waals surface area contributed by atoms with E-state index in [9.17, 15) is 0 Å². The highest BCUT2D eigenvalue weighted by atomic mass is 14.9. The van der Waals surface area contributed by atoms with Gasteiger partial charge in [0.25, 0.3) is 0 Å². The summed E-state index contributed by atoms with van der Waals surface area (Å²) >= 11 is 0. The van der Waals surface area contributed by atoms with Crippen molar-refractivity contribution >= 4 is 5.69 Å². The molecular weight excluding hydrogens is 196 g/mol. The number of fused-ring (bicyclic) bond motifs is 1. The first kappa shape index (κ1) is 10.2. The molecule has 0 heterocycles. The molecule has 1 atom stereocenters. The Morgan fingerprint density at radius 2 is 2.12 bits per heavy atom. The second kappa shape index (κ2) is 4.10. The molecule has 1 aromatic rings. The van der Waals surface area contributed by atoms with Crippen molar-refractivity contribution < 1.29 is 0 Å². The maximum Gasteiger partial charge on any atom is 0.0326 e. The average molecular weight is 216 g/mol. The number of hydrogen-bond donors (Lipinski definition) is 2. The van der Waals surface area contributed by atoms with Gasteiger partial charge in [0, 0.05) is 11.7 Å². The van der Waals surface area contributed by atoms with Crippen LogP contribution in [0.25, 0.3) is 0 Å². The van der Waals surface area contributed by atoms with Crippen LogP contribution in [0.4, 0.5) is 5.69 Å². The average Bonchev–Trinajstić information content (AvgIpc) is 3.00. The first-order valence-electron chi connectivity index (χ1n) is 6.44. The fourth-order valence-electron chi connectivity index (χ4n) is 2.72. The molecule has 1 fully saturated rings. The van der Waals surface area contributed by atoms with E-state index in [1.54, 1.807) is 0 Å². The lowest BCUT2D eigenvalue weighted by molar-refractivity contribution is 0.507. The topological polar surface area (TPSA) is 38.0 Å². The summed E-state index contributed by atoms with van der Waals surface area (Å²) in [4.78, 5) is 0. The van der Waals surface area contributed by atoms with E-state index in [-0.39, 0.29) is 0 Å². The minimum atomic E-state index is 0.578. The number of nitrogens with one attached hydrogen (secondary N) is 1. The van der Waals surface area contributed by atoms with Gasteiger partial charge in [-0.1, -0.05) is 18.9 Å². The summed E-state index contributed by atoms with van der Waals surface area (Å²) in [6, 6.07) is 6.94. The Bertz CT molecular complexity index is 382. The summed E-state index contributed by atoms with van der Waals surface area (Å²) in [6.45, 7) is 1.18. The third-order valence-electron chi connectivity index (χ3n) is 3.89. The van der Waals surface area contributed by atoms with E-state index in [4.69, 9.17) is 5.73 Å². The van der Waals surface area contributed by atoms with Crippen LogP contribution in [0.15, 0.2) is 18.2 Å². The van der Waals surface area contributed by atoms with Crippen molar-refractivity contribution in [3.63, 3.8) is 0 Å². The number of hydrogen-bond acceptors (Lipinski definition) is 2. The maximum atomic E-state index is 5.80. The van der Waals surface area contributed by atoms with Crippen molar-refractivity contribution in [2.24, 2.45) is 5.92 Å². The predicted molar refractivity (Wildman–Crippen MR) is 67.3 cm³/mol. The molecule has 1 aromatic carbocycles. The second-order valence-corrected chi connectivity index (χ2v) is 5.24. The lowest BCUT2D eigenvalue weighted by Gasteiger charge is -2.13. The van der Waals surface area contributed by atoms with Gasteiger partial charge < -0.3 is 11.1 Å². The molecule has 3 N–H and O–H groups in total. The highest BCUT2D eigenvalue weighted by Crippen LogP contribution is 2.34. The van der Waals surface area contributed by atoms with Gasteiger partial charge in [-0.25, -0.2) is 0 Å². The number of benzene rings is 1. The predicted octanol–water partition coefficient (Wildman–Crippen LogP) is 2.65. The van der Waals surface area contributed by atoms with Crippen molar-refractivity contribution in [1.29, 1.82) is 0 Å². The van der Waals surface area contributed by atoms with E-state index < -0.39 is 0 Å². The summed E-state index contributed by atoms with van der Waals surface area (Å²) in [5, 5.41) is 3.69. The third kappa shape index (κ3) is 2.07. The molecule has 0 aromatic heterocycles. The number of nitrogens with two attached hydrogens (primary N) is 1.